The van der Waals surface area contributed by atoms with Gasteiger partial charge < -0.3 is 9.84 Å². The summed E-state index contributed by atoms with van der Waals surface area (Å²) >= 11 is 0. The number of esters is 1. The Labute approximate surface area is 165 Å². The van der Waals surface area contributed by atoms with Crippen LogP contribution in [0.4, 0.5) is 0 Å². The van der Waals surface area contributed by atoms with E-state index in [2.05, 4.69) is 6.92 Å². The molecular weight excluding hydrogens is 352 g/mol. The van der Waals surface area contributed by atoms with E-state index in [1.54, 1.807) is 37.3 Å². The second-order valence-corrected chi connectivity index (χ2v) is 6.72. The predicted molar refractivity (Wildman–Crippen MR) is 110 cm³/mol. The standard InChI is InChI=1S/C24H24O4/c1-3-5-8-16-11-13-17(14-12-16)15-20-21(24(27)28-4-2)23(26)19-10-7-6-9-18(19)22(20)25/h6-7,9-15,26H,3-5,8H2,1-2H3/b20-15+. The van der Waals surface area contributed by atoms with Crippen molar-refractivity contribution in [3.8, 4) is 0 Å². The van der Waals surface area contributed by atoms with E-state index in [4.69, 9.17) is 4.74 Å². The fourth-order valence-corrected chi connectivity index (χ4v) is 3.28. The van der Waals surface area contributed by atoms with Crippen molar-refractivity contribution < 1.29 is 19.4 Å². The second-order valence-electron chi connectivity index (χ2n) is 6.72. The molecule has 4 nitrogen and oxygen atoms in total. The summed E-state index contributed by atoms with van der Waals surface area (Å²) in [5, 5.41) is 10.7. The van der Waals surface area contributed by atoms with E-state index in [9.17, 15) is 14.7 Å². The summed E-state index contributed by atoms with van der Waals surface area (Å²) in [7, 11) is 0. The number of unbranched alkanes of at least 4 members (excludes halogenated alkanes) is 1. The molecule has 0 heterocycles. The monoisotopic (exact) mass is 376 g/mol. The molecule has 0 atom stereocenters. The van der Waals surface area contributed by atoms with Crippen molar-refractivity contribution in [3.63, 3.8) is 0 Å². The lowest BCUT2D eigenvalue weighted by Crippen LogP contribution is -2.22. The number of hydrogen-bond donors (Lipinski definition) is 1. The van der Waals surface area contributed by atoms with Gasteiger partial charge in [-0.2, -0.15) is 0 Å². The fourth-order valence-electron chi connectivity index (χ4n) is 3.28. The minimum absolute atomic E-state index is 0.0828. The Morgan fingerprint density at radius 1 is 1.04 bits per heavy atom. The summed E-state index contributed by atoms with van der Waals surface area (Å²) in [6.07, 6.45) is 4.91. The van der Waals surface area contributed by atoms with Crippen molar-refractivity contribution in [1.29, 1.82) is 0 Å². The molecule has 2 aromatic carbocycles. The van der Waals surface area contributed by atoms with E-state index < -0.39 is 5.97 Å². The van der Waals surface area contributed by atoms with Crippen molar-refractivity contribution >= 4 is 23.6 Å². The maximum absolute atomic E-state index is 13.1. The van der Waals surface area contributed by atoms with Crippen LogP contribution in [0.3, 0.4) is 0 Å². The molecule has 0 saturated carbocycles. The topological polar surface area (TPSA) is 63.6 Å². The van der Waals surface area contributed by atoms with Crippen LogP contribution in [0.15, 0.2) is 59.7 Å². The van der Waals surface area contributed by atoms with Gasteiger partial charge in [-0.25, -0.2) is 4.79 Å². The van der Waals surface area contributed by atoms with E-state index in [1.807, 2.05) is 24.3 Å². The van der Waals surface area contributed by atoms with Crippen LogP contribution in [0.25, 0.3) is 11.8 Å². The molecule has 0 radical (unpaired) electrons. The maximum atomic E-state index is 13.1. The van der Waals surface area contributed by atoms with E-state index in [0.717, 1.165) is 24.8 Å². The smallest absolute Gasteiger partial charge is 0.342 e. The Morgan fingerprint density at radius 2 is 1.71 bits per heavy atom. The van der Waals surface area contributed by atoms with Crippen LogP contribution in [-0.4, -0.2) is 23.5 Å². The summed E-state index contributed by atoms with van der Waals surface area (Å²) in [5.41, 5.74) is 2.81. The van der Waals surface area contributed by atoms with Crippen molar-refractivity contribution in [2.75, 3.05) is 6.61 Å². The molecule has 0 fully saturated rings. The molecule has 0 unspecified atom stereocenters. The number of benzene rings is 2. The van der Waals surface area contributed by atoms with E-state index in [0.29, 0.717) is 11.1 Å². The second kappa shape index (κ2) is 8.70. The zero-order valence-corrected chi connectivity index (χ0v) is 16.2. The molecule has 0 bridgehead atoms. The Morgan fingerprint density at radius 3 is 2.36 bits per heavy atom. The van der Waals surface area contributed by atoms with Gasteiger partial charge in [0, 0.05) is 16.7 Å². The maximum Gasteiger partial charge on any atom is 0.342 e. The number of aliphatic hydroxyl groups is 1. The largest absolute Gasteiger partial charge is 0.506 e. The molecule has 144 valence electrons. The summed E-state index contributed by atoms with van der Waals surface area (Å²) in [6, 6.07) is 14.6. The Balaban J connectivity index is 2.07. The fraction of sp³-hybridized carbons (Fsp3) is 0.250. The Kier molecular flexibility index (Phi) is 6.09. The molecule has 0 amide bonds. The zero-order valence-electron chi connectivity index (χ0n) is 16.2. The number of carbonyl (C=O) groups excluding carboxylic acids is 2. The summed E-state index contributed by atoms with van der Waals surface area (Å²) in [6.45, 7) is 4.00. The Hall–Kier alpha value is -3.14. The van der Waals surface area contributed by atoms with Gasteiger partial charge in [0.05, 0.1) is 6.61 Å². The lowest BCUT2D eigenvalue weighted by Gasteiger charge is -2.20. The van der Waals surface area contributed by atoms with Crippen LogP contribution in [0.1, 0.15) is 53.7 Å². The van der Waals surface area contributed by atoms with Gasteiger partial charge in [-0.15, -0.1) is 0 Å². The van der Waals surface area contributed by atoms with E-state index in [1.165, 1.54) is 5.56 Å². The highest BCUT2D eigenvalue weighted by Crippen LogP contribution is 2.35. The number of aliphatic hydroxyl groups excluding tert-OH is 1. The van der Waals surface area contributed by atoms with Gasteiger partial charge in [0.15, 0.2) is 5.78 Å². The van der Waals surface area contributed by atoms with E-state index in [-0.39, 0.29) is 29.3 Å². The first-order valence-electron chi connectivity index (χ1n) is 9.62. The average molecular weight is 376 g/mol. The van der Waals surface area contributed by atoms with Crippen LogP contribution >= 0.6 is 0 Å². The number of aryl methyl sites for hydroxylation is 1. The van der Waals surface area contributed by atoms with E-state index >= 15 is 0 Å². The number of Topliss-reactive ketones (excluding diaryl/α,β-unsaturated/α-hetero) is 1. The SMILES string of the molecule is CCCCc1ccc(/C=C2/C(=O)c3ccccc3C(O)=C2C(=O)OCC)cc1. The molecule has 1 aliphatic carbocycles. The minimum Gasteiger partial charge on any atom is -0.506 e. The van der Waals surface area contributed by atoms with Crippen molar-refractivity contribution in [3.05, 3.63) is 81.9 Å². The molecule has 0 aromatic heterocycles. The number of carbonyl (C=O) groups is 2. The highest BCUT2D eigenvalue weighted by atomic mass is 16.5. The zero-order chi connectivity index (χ0) is 20.1. The molecule has 1 aliphatic rings. The van der Waals surface area contributed by atoms with Crippen LogP contribution in [0.2, 0.25) is 0 Å². The van der Waals surface area contributed by atoms with Crippen LogP contribution in [0, 0.1) is 0 Å². The number of ether oxygens (including phenoxy) is 1. The molecule has 4 heteroatoms. The van der Waals surface area contributed by atoms with Crippen molar-refractivity contribution in [2.45, 2.75) is 33.1 Å². The lowest BCUT2D eigenvalue weighted by atomic mass is 9.84. The molecular formula is C24H24O4. The van der Waals surface area contributed by atoms with Crippen molar-refractivity contribution in [1.82, 2.24) is 0 Å². The highest BCUT2D eigenvalue weighted by Gasteiger charge is 2.34. The Bertz CT molecular complexity index is 949. The molecule has 0 aliphatic heterocycles. The number of fused-ring (bicyclic) bond motifs is 1. The first kappa shape index (κ1) is 19.6. The third-order valence-electron chi connectivity index (χ3n) is 4.77. The van der Waals surface area contributed by atoms with Gasteiger partial charge in [-0.05, 0) is 37.0 Å². The number of hydrogen-bond acceptors (Lipinski definition) is 4. The summed E-state index contributed by atoms with van der Waals surface area (Å²) in [4.78, 5) is 25.6. The summed E-state index contributed by atoms with van der Waals surface area (Å²) < 4.78 is 5.10. The van der Waals surface area contributed by atoms with Gasteiger partial charge in [-0.3, -0.25) is 4.79 Å². The molecule has 0 saturated heterocycles. The minimum atomic E-state index is -0.700. The summed E-state index contributed by atoms with van der Waals surface area (Å²) in [5.74, 6) is -1.22. The van der Waals surface area contributed by atoms with Crippen molar-refractivity contribution in [2.24, 2.45) is 0 Å². The molecule has 0 spiro atoms. The average Bonchev–Trinajstić information content (AvgIpc) is 2.71. The van der Waals surface area contributed by atoms with Crippen LogP contribution in [-0.2, 0) is 16.0 Å². The van der Waals surface area contributed by atoms with Crippen LogP contribution < -0.4 is 0 Å². The first-order valence-corrected chi connectivity index (χ1v) is 9.62. The lowest BCUT2D eigenvalue weighted by molar-refractivity contribution is -0.138. The van der Waals surface area contributed by atoms with Gasteiger partial charge >= 0.3 is 5.97 Å². The van der Waals surface area contributed by atoms with Gasteiger partial charge in [0.2, 0.25) is 0 Å². The van der Waals surface area contributed by atoms with Gasteiger partial charge in [-0.1, -0.05) is 61.9 Å². The third-order valence-corrected chi connectivity index (χ3v) is 4.77. The third kappa shape index (κ3) is 3.91. The molecule has 2 aromatic rings. The molecule has 28 heavy (non-hydrogen) atoms. The first-order chi connectivity index (χ1) is 13.6. The molecule has 3 rings (SSSR count). The number of rotatable bonds is 6. The number of ketones is 1. The molecule has 1 N–H and O–H groups in total. The normalized spacial score (nSPS) is 14.9. The highest BCUT2D eigenvalue weighted by molar-refractivity contribution is 6.26. The predicted octanol–water partition coefficient (Wildman–Crippen LogP) is 5.14. The van der Waals surface area contributed by atoms with Crippen LogP contribution in [0.5, 0.6) is 0 Å². The van der Waals surface area contributed by atoms with Gasteiger partial charge in [0.25, 0.3) is 0 Å². The van der Waals surface area contributed by atoms with Gasteiger partial charge in [0.1, 0.15) is 11.3 Å². The quantitative estimate of drug-likeness (QED) is 0.560.